The number of aromatic amines is 1. The molecule has 2 aliphatic rings. The van der Waals surface area contributed by atoms with Crippen LogP contribution in [0.4, 0.5) is 5.82 Å². The molecule has 0 aliphatic heterocycles. The smallest absolute Gasteiger partial charge is 0.153 e. The number of anilines is 1. The molecule has 0 radical (unpaired) electrons. The third-order valence-corrected chi connectivity index (χ3v) is 4.88. The summed E-state index contributed by atoms with van der Waals surface area (Å²) in [6, 6.07) is 4.01. The van der Waals surface area contributed by atoms with E-state index in [1.165, 1.54) is 31.4 Å². The van der Waals surface area contributed by atoms with Crippen molar-refractivity contribution in [1.82, 2.24) is 15.2 Å². The zero-order valence-electron chi connectivity index (χ0n) is 10.8. The summed E-state index contributed by atoms with van der Waals surface area (Å²) in [7, 11) is 0. The van der Waals surface area contributed by atoms with Crippen LogP contribution in [-0.2, 0) is 0 Å². The van der Waals surface area contributed by atoms with Crippen LogP contribution in [0.5, 0.6) is 0 Å². The van der Waals surface area contributed by atoms with Crippen LogP contribution in [0.1, 0.15) is 37.3 Å². The number of hydrogen-bond acceptors (Lipinski definition) is 3. The number of pyridine rings is 1. The third kappa shape index (κ3) is 1.66. The van der Waals surface area contributed by atoms with Gasteiger partial charge in [0.2, 0.25) is 0 Å². The van der Waals surface area contributed by atoms with Crippen LogP contribution in [-0.4, -0.2) is 15.2 Å². The normalized spacial score (nSPS) is 28.9. The van der Waals surface area contributed by atoms with Crippen molar-refractivity contribution in [2.75, 3.05) is 5.73 Å². The maximum atomic E-state index is 6.07. The van der Waals surface area contributed by atoms with Crippen LogP contribution < -0.4 is 5.73 Å². The first-order valence-electron chi connectivity index (χ1n) is 7.07. The van der Waals surface area contributed by atoms with Gasteiger partial charge in [-0.2, -0.15) is 5.10 Å². The predicted molar refractivity (Wildman–Crippen MR) is 74.4 cm³/mol. The van der Waals surface area contributed by atoms with Crippen molar-refractivity contribution in [2.24, 2.45) is 11.8 Å². The SMILES string of the molecule is Nc1n[nH]c(C2CC3CCC2C3)c1-c1cccnc1. The molecule has 0 saturated heterocycles. The largest absolute Gasteiger partial charge is 0.382 e. The second-order valence-corrected chi connectivity index (χ2v) is 5.92. The Kier molecular flexibility index (Phi) is 2.37. The standard InChI is InChI=1S/C15H18N4/c16-15-13(11-2-1-5-17-8-11)14(18-19-15)12-7-9-3-4-10(12)6-9/h1-2,5,8-10,12H,3-4,6-7H2,(H3,16,18,19). The molecule has 2 aromatic rings. The molecule has 2 aliphatic carbocycles. The molecule has 4 rings (SSSR count). The Bertz CT molecular complexity index is 589. The van der Waals surface area contributed by atoms with Gasteiger partial charge in [-0.25, -0.2) is 0 Å². The van der Waals surface area contributed by atoms with Gasteiger partial charge in [0.25, 0.3) is 0 Å². The maximum Gasteiger partial charge on any atom is 0.153 e. The molecular formula is C15H18N4. The van der Waals surface area contributed by atoms with Gasteiger partial charge in [0.05, 0.1) is 0 Å². The molecule has 3 atom stereocenters. The molecule has 2 aromatic heterocycles. The first-order chi connectivity index (χ1) is 9.33. The van der Waals surface area contributed by atoms with Crippen LogP contribution in [0.2, 0.25) is 0 Å². The van der Waals surface area contributed by atoms with Crippen LogP contribution in [0.15, 0.2) is 24.5 Å². The molecule has 2 bridgehead atoms. The maximum absolute atomic E-state index is 6.07. The minimum Gasteiger partial charge on any atom is -0.382 e. The van der Waals surface area contributed by atoms with Gasteiger partial charge < -0.3 is 5.73 Å². The van der Waals surface area contributed by atoms with Crippen molar-refractivity contribution in [3.05, 3.63) is 30.2 Å². The summed E-state index contributed by atoms with van der Waals surface area (Å²) >= 11 is 0. The Hall–Kier alpha value is -1.84. The molecule has 2 saturated carbocycles. The molecule has 3 N–H and O–H groups in total. The van der Waals surface area contributed by atoms with E-state index in [4.69, 9.17) is 5.73 Å². The topological polar surface area (TPSA) is 67.6 Å². The monoisotopic (exact) mass is 254 g/mol. The number of aromatic nitrogens is 3. The first kappa shape index (κ1) is 11.0. The zero-order chi connectivity index (χ0) is 12.8. The molecule has 0 aromatic carbocycles. The van der Waals surface area contributed by atoms with Crippen molar-refractivity contribution >= 4 is 5.82 Å². The van der Waals surface area contributed by atoms with Gasteiger partial charge in [0.15, 0.2) is 5.82 Å². The number of rotatable bonds is 2. The molecule has 2 fully saturated rings. The third-order valence-electron chi connectivity index (χ3n) is 4.88. The molecule has 4 heteroatoms. The van der Waals surface area contributed by atoms with E-state index in [9.17, 15) is 0 Å². The lowest BCUT2D eigenvalue weighted by atomic mass is 9.84. The minimum atomic E-state index is 0.603. The van der Waals surface area contributed by atoms with Gasteiger partial charge >= 0.3 is 0 Å². The van der Waals surface area contributed by atoms with Gasteiger partial charge in [0.1, 0.15) is 0 Å². The van der Waals surface area contributed by atoms with E-state index >= 15 is 0 Å². The Balaban J connectivity index is 1.78. The summed E-state index contributed by atoms with van der Waals surface area (Å²) in [5, 5.41) is 7.44. The summed E-state index contributed by atoms with van der Waals surface area (Å²) in [5.74, 6) is 2.95. The summed E-state index contributed by atoms with van der Waals surface area (Å²) < 4.78 is 0. The van der Waals surface area contributed by atoms with Crippen molar-refractivity contribution in [3.8, 4) is 11.1 Å². The van der Waals surface area contributed by atoms with Crippen molar-refractivity contribution in [3.63, 3.8) is 0 Å². The van der Waals surface area contributed by atoms with Gasteiger partial charge in [-0.1, -0.05) is 12.5 Å². The van der Waals surface area contributed by atoms with Crippen molar-refractivity contribution in [1.29, 1.82) is 0 Å². The summed E-state index contributed by atoms with van der Waals surface area (Å²) in [6.07, 6.45) is 9.11. The van der Waals surface area contributed by atoms with Gasteiger partial charge in [-0.15, -0.1) is 0 Å². The number of hydrogen-bond donors (Lipinski definition) is 2. The Morgan fingerprint density at radius 2 is 2.21 bits per heavy atom. The van der Waals surface area contributed by atoms with E-state index in [0.717, 1.165) is 23.0 Å². The highest BCUT2D eigenvalue weighted by atomic mass is 15.2. The van der Waals surface area contributed by atoms with E-state index in [0.29, 0.717) is 11.7 Å². The highest BCUT2D eigenvalue weighted by Crippen LogP contribution is 2.54. The van der Waals surface area contributed by atoms with E-state index < -0.39 is 0 Å². The Morgan fingerprint density at radius 1 is 1.26 bits per heavy atom. The highest BCUT2D eigenvalue weighted by molar-refractivity contribution is 5.76. The van der Waals surface area contributed by atoms with E-state index in [1.54, 1.807) is 6.20 Å². The average molecular weight is 254 g/mol. The number of nitrogen functional groups attached to an aromatic ring is 1. The fraction of sp³-hybridized carbons (Fsp3) is 0.467. The van der Waals surface area contributed by atoms with Crippen LogP contribution in [0.3, 0.4) is 0 Å². The molecule has 19 heavy (non-hydrogen) atoms. The summed E-state index contributed by atoms with van der Waals surface area (Å²) in [5.41, 5.74) is 9.45. The molecule has 0 spiro atoms. The van der Waals surface area contributed by atoms with Crippen molar-refractivity contribution < 1.29 is 0 Å². The fourth-order valence-corrected chi connectivity index (χ4v) is 4.05. The highest BCUT2D eigenvalue weighted by Gasteiger charge is 2.42. The van der Waals surface area contributed by atoms with Crippen LogP contribution >= 0.6 is 0 Å². The molecule has 0 amide bonds. The number of nitrogens with two attached hydrogens (primary N) is 1. The second kappa shape index (κ2) is 4.08. The lowest BCUT2D eigenvalue weighted by molar-refractivity contribution is 0.413. The molecule has 4 nitrogen and oxygen atoms in total. The number of nitrogens with zero attached hydrogens (tertiary/aromatic N) is 2. The zero-order valence-corrected chi connectivity index (χ0v) is 10.8. The number of H-pyrrole nitrogens is 1. The molecule has 2 heterocycles. The van der Waals surface area contributed by atoms with E-state index in [2.05, 4.69) is 21.2 Å². The number of nitrogens with one attached hydrogen (secondary N) is 1. The molecular weight excluding hydrogens is 236 g/mol. The predicted octanol–water partition coefficient (Wildman–Crippen LogP) is 2.96. The average Bonchev–Trinajstić information content (AvgIpc) is 3.14. The lowest BCUT2D eigenvalue weighted by Crippen LogP contribution is -2.10. The lowest BCUT2D eigenvalue weighted by Gasteiger charge is -2.21. The Labute approximate surface area is 112 Å². The number of fused-ring (bicyclic) bond motifs is 2. The quantitative estimate of drug-likeness (QED) is 0.865. The fourth-order valence-electron chi connectivity index (χ4n) is 4.05. The first-order valence-corrected chi connectivity index (χ1v) is 7.07. The molecule has 98 valence electrons. The van der Waals surface area contributed by atoms with Crippen LogP contribution in [0.25, 0.3) is 11.1 Å². The minimum absolute atomic E-state index is 0.603. The Morgan fingerprint density at radius 3 is 2.89 bits per heavy atom. The van der Waals surface area contributed by atoms with Gasteiger partial charge in [0, 0.05) is 35.1 Å². The van der Waals surface area contributed by atoms with E-state index in [1.807, 2.05) is 12.3 Å². The van der Waals surface area contributed by atoms with Crippen LogP contribution in [0, 0.1) is 11.8 Å². The van der Waals surface area contributed by atoms with Gasteiger partial charge in [-0.05, 0) is 37.2 Å². The summed E-state index contributed by atoms with van der Waals surface area (Å²) in [4.78, 5) is 4.20. The summed E-state index contributed by atoms with van der Waals surface area (Å²) in [6.45, 7) is 0. The van der Waals surface area contributed by atoms with Gasteiger partial charge in [-0.3, -0.25) is 10.1 Å². The second-order valence-electron chi connectivity index (χ2n) is 5.92. The van der Waals surface area contributed by atoms with E-state index in [-0.39, 0.29) is 0 Å². The van der Waals surface area contributed by atoms with Crippen molar-refractivity contribution in [2.45, 2.75) is 31.6 Å². The molecule has 3 unspecified atom stereocenters.